The molecule has 0 amide bonds. The second-order valence-corrected chi connectivity index (χ2v) is 6.20. The number of alkyl halides is 3. The van der Waals surface area contributed by atoms with Crippen molar-refractivity contribution < 1.29 is 17.6 Å². The van der Waals surface area contributed by atoms with E-state index in [4.69, 9.17) is 0 Å². The molecule has 0 aromatic heterocycles. The fraction of sp³-hybridized carbons (Fsp3) is 0.467. The second kappa shape index (κ2) is 5.88. The molecule has 0 radical (unpaired) electrons. The quantitative estimate of drug-likeness (QED) is 0.363. The lowest BCUT2D eigenvalue weighted by Gasteiger charge is -2.27. The first-order valence-corrected chi connectivity index (χ1v) is 7.31. The number of hydrogen-bond donors (Lipinski definition) is 0. The van der Waals surface area contributed by atoms with E-state index in [2.05, 4.69) is 6.58 Å². The van der Waals surface area contributed by atoms with Gasteiger partial charge < -0.3 is 0 Å². The molecule has 0 spiro atoms. The highest BCUT2D eigenvalue weighted by atomic mass is 79.9. The summed E-state index contributed by atoms with van der Waals surface area (Å²) in [5.41, 5.74) is -0.760. The molecule has 0 unspecified atom stereocenters. The average Bonchev–Trinajstić information content (AvgIpc) is 2.36. The van der Waals surface area contributed by atoms with Crippen molar-refractivity contribution in [3.05, 3.63) is 47.5 Å². The number of hydrogen-bond acceptors (Lipinski definition) is 0. The monoisotopic (exact) mass is 350 g/mol. The Balaban J connectivity index is 2.25. The molecule has 0 heterocycles. The number of benzene rings is 1. The molecule has 0 nitrogen and oxygen atoms in total. The highest BCUT2D eigenvalue weighted by molar-refractivity contribution is 9.09. The predicted octanol–water partition coefficient (Wildman–Crippen LogP) is 5.87. The number of rotatable bonds is 3. The zero-order valence-electron chi connectivity index (χ0n) is 10.8. The zero-order chi connectivity index (χ0) is 14.9. The molecule has 5 heteroatoms. The Hall–Kier alpha value is -0.840. The summed E-state index contributed by atoms with van der Waals surface area (Å²) < 4.78 is 53.6. The van der Waals surface area contributed by atoms with Crippen LogP contribution >= 0.6 is 15.9 Å². The van der Waals surface area contributed by atoms with Crippen molar-refractivity contribution in [3.63, 3.8) is 0 Å². The summed E-state index contributed by atoms with van der Waals surface area (Å²) in [6.07, 6.45) is 5.30. The van der Waals surface area contributed by atoms with Crippen LogP contribution in [0, 0.1) is 17.6 Å². The maximum Gasteiger partial charge on any atom is 0.332 e. The summed E-state index contributed by atoms with van der Waals surface area (Å²) in [5, 5.41) is 0. The molecule has 1 aliphatic carbocycles. The Morgan fingerprint density at radius 1 is 1.10 bits per heavy atom. The highest BCUT2D eigenvalue weighted by Gasteiger charge is 2.35. The Kier molecular flexibility index (Phi) is 4.57. The maximum absolute atomic E-state index is 13.7. The van der Waals surface area contributed by atoms with Crippen molar-refractivity contribution >= 4 is 15.9 Å². The summed E-state index contributed by atoms with van der Waals surface area (Å²) in [7, 11) is 0. The van der Waals surface area contributed by atoms with Crippen LogP contribution in [0.25, 0.3) is 0 Å². The van der Waals surface area contributed by atoms with Gasteiger partial charge >= 0.3 is 4.83 Å². The van der Waals surface area contributed by atoms with E-state index in [-0.39, 0.29) is 5.92 Å². The molecule has 1 saturated carbocycles. The van der Waals surface area contributed by atoms with E-state index in [0.29, 0.717) is 11.5 Å². The van der Waals surface area contributed by atoms with Crippen LogP contribution in [0.5, 0.6) is 0 Å². The normalized spacial score (nSPS) is 23.6. The van der Waals surface area contributed by atoms with Gasteiger partial charge in [-0.15, -0.1) is 6.58 Å². The van der Waals surface area contributed by atoms with Gasteiger partial charge in [-0.25, -0.2) is 8.78 Å². The Bertz CT molecular complexity index is 476. The largest absolute Gasteiger partial charge is 0.332 e. The molecule has 0 aliphatic heterocycles. The van der Waals surface area contributed by atoms with E-state index in [1.54, 1.807) is 0 Å². The van der Waals surface area contributed by atoms with Crippen LogP contribution in [-0.4, -0.2) is 0 Å². The Labute approximate surface area is 124 Å². The SMILES string of the molecule is C=CC1CCC(c2cc(F)c(C(F)(F)Br)c(F)c2)CC1. The first-order chi connectivity index (χ1) is 9.32. The van der Waals surface area contributed by atoms with Crippen molar-refractivity contribution in [2.45, 2.75) is 36.4 Å². The first kappa shape index (κ1) is 15.5. The van der Waals surface area contributed by atoms with E-state index in [1.807, 2.05) is 22.0 Å². The van der Waals surface area contributed by atoms with Crippen LogP contribution in [0.3, 0.4) is 0 Å². The summed E-state index contributed by atoms with van der Waals surface area (Å²) in [6, 6.07) is 2.07. The molecule has 20 heavy (non-hydrogen) atoms. The molecule has 1 aliphatic rings. The molecule has 0 atom stereocenters. The van der Waals surface area contributed by atoms with Crippen molar-refractivity contribution in [3.8, 4) is 0 Å². The number of halogens is 5. The van der Waals surface area contributed by atoms with Gasteiger partial charge in [0.2, 0.25) is 0 Å². The molecule has 1 fully saturated rings. The van der Waals surface area contributed by atoms with Gasteiger partial charge in [-0.1, -0.05) is 6.08 Å². The molecule has 0 N–H and O–H groups in total. The minimum absolute atomic E-state index is 0.0215. The van der Waals surface area contributed by atoms with Gasteiger partial charge in [0.25, 0.3) is 0 Å². The average molecular weight is 351 g/mol. The van der Waals surface area contributed by atoms with Crippen LogP contribution in [0.4, 0.5) is 17.6 Å². The minimum atomic E-state index is -3.69. The van der Waals surface area contributed by atoms with Gasteiger partial charge in [-0.2, -0.15) is 8.78 Å². The third-order valence-electron chi connectivity index (χ3n) is 3.92. The molecule has 2 rings (SSSR count). The van der Waals surface area contributed by atoms with Crippen molar-refractivity contribution in [2.24, 2.45) is 5.92 Å². The second-order valence-electron chi connectivity index (χ2n) is 5.20. The molecule has 110 valence electrons. The lowest BCUT2D eigenvalue weighted by molar-refractivity contribution is 0.105. The summed E-state index contributed by atoms with van der Waals surface area (Å²) in [5.74, 6) is -1.94. The Morgan fingerprint density at radius 3 is 2.00 bits per heavy atom. The number of allylic oxidation sites excluding steroid dienone is 1. The van der Waals surface area contributed by atoms with Crippen molar-refractivity contribution in [1.29, 1.82) is 0 Å². The van der Waals surface area contributed by atoms with Crippen molar-refractivity contribution in [1.82, 2.24) is 0 Å². The lowest BCUT2D eigenvalue weighted by atomic mass is 9.78. The molecule has 1 aromatic rings. The van der Waals surface area contributed by atoms with E-state index >= 15 is 0 Å². The first-order valence-electron chi connectivity index (χ1n) is 6.51. The van der Waals surface area contributed by atoms with E-state index in [9.17, 15) is 17.6 Å². The molecular weight excluding hydrogens is 336 g/mol. The van der Waals surface area contributed by atoms with Gasteiger partial charge in [-0.3, -0.25) is 0 Å². The minimum Gasteiger partial charge on any atom is -0.206 e. The van der Waals surface area contributed by atoms with Crippen molar-refractivity contribution in [2.75, 3.05) is 0 Å². The smallest absolute Gasteiger partial charge is 0.206 e. The fourth-order valence-corrected chi connectivity index (χ4v) is 3.17. The third kappa shape index (κ3) is 3.25. The van der Waals surface area contributed by atoms with E-state index < -0.39 is 22.0 Å². The predicted molar refractivity (Wildman–Crippen MR) is 74.1 cm³/mol. The fourth-order valence-electron chi connectivity index (χ4n) is 2.79. The highest BCUT2D eigenvalue weighted by Crippen LogP contribution is 2.41. The lowest BCUT2D eigenvalue weighted by Crippen LogP contribution is -2.14. The van der Waals surface area contributed by atoms with Gasteiger partial charge in [-0.05, 0) is 71.1 Å². The molecular formula is C15H15BrF4. The Morgan fingerprint density at radius 2 is 1.60 bits per heavy atom. The summed E-state index contributed by atoms with van der Waals surface area (Å²) in [6.45, 7) is 3.74. The molecule has 0 saturated heterocycles. The van der Waals surface area contributed by atoms with Gasteiger partial charge in [0.1, 0.15) is 17.2 Å². The van der Waals surface area contributed by atoms with Gasteiger partial charge in [0.15, 0.2) is 0 Å². The summed E-state index contributed by atoms with van der Waals surface area (Å²) >= 11 is 2.00. The van der Waals surface area contributed by atoms with Crippen LogP contribution in [0.1, 0.15) is 42.7 Å². The zero-order valence-corrected chi connectivity index (χ0v) is 12.4. The molecule has 0 bridgehead atoms. The van der Waals surface area contributed by atoms with Gasteiger partial charge in [0.05, 0.1) is 0 Å². The third-order valence-corrected chi connectivity index (χ3v) is 4.32. The van der Waals surface area contributed by atoms with Crippen LogP contribution in [-0.2, 0) is 4.83 Å². The molecule has 1 aromatic carbocycles. The van der Waals surface area contributed by atoms with Crippen LogP contribution in [0.15, 0.2) is 24.8 Å². The standard InChI is InChI=1S/C15H15BrF4/c1-2-9-3-5-10(6-4-9)11-7-12(17)14(13(18)8-11)15(16,19)20/h2,7-10H,1,3-6H2. The summed E-state index contributed by atoms with van der Waals surface area (Å²) in [4.78, 5) is -3.69. The topological polar surface area (TPSA) is 0 Å². The van der Waals surface area contributed by atoms with E-state index in [1.165, 1.54) is 0 Å². The van der Waals surface area contributed by atoms with Crippen LogP contribution < -0.4 is 0 Å². The maximum atomic E-state index is 13.7. The van der Waals surface area contributed by atoms with Gasteiger partial charge in [0, 0.05) is 0 Å². The van der Waals surface area contributed by atoms with Crippen LogP contribution in [0.2, 0.25) is 0 Å². The van der Waals surface area contributed by atoms with E-state index in [0.717, 1.165) is 37.8 Å².